The molecule has 1 aromatic carbocycles. The first kappa shape index (κ1) is 17.6. The van der Waals surface area contributed by atoms with Crippen LogP contribution in [0.5, 0.6) is 0 Å². The molecule has 1 aromatic heterocycles. The van der Waals surface area contributed by atoms with E-state index < -0.39 is 12.0 Å². The monoisotopic (exact) mass is 365 g/mol. The van der Waals surface area contributed by atoms with Crippen molar-refractivity contribution in [3.8, 4) is 0 Å². The molecule has 0 spiro atoms. The number of nitrogens with one attached hydrogen (secondary N) is 1. The quantitative estimate of drug-likeness (QED) is 0.870. The van der Waals surface area contributed by atoms with Crippen molar-refractivity contribution in [1.29, 1.82) is 0 Å². The van der Waals surface area contributed by atoms with E-state index in [0.717, 1.165) is 10.9 Å². The van der Waals surface area contributed by atoms with Crippen molar-refractivity contribution in [2.24, 2.45) is 0 Å². The molecule has 1 aliphatic heterocycles. The predicted octanol–water partition coefficient (Wildman–Crippen LogP) is 2.72. The molecule has 1 atom stereocenters. The Morgan fingerprint density at radius 1 is 1.32 bits per heavy atom. The van der Waals surface area contributed by atoms with Crippen LogP contribution in [0.1, 0.15) is 18.5 Å². The summed E-state index contributed by atoms with van der Waals surface area (Å²) in [5.74, 6) is -0.939. The number of hydrogen-bond acceptors (Lipinski definition) is 4. The number of amides is 1. The van der Waals surface area contributed by atoms with Crippen molar-refractivity contribution in [3.05, 3.63) is 35.0 Å². The lowest BCUT2D eigenvalue weighted by atomic mass is 10.0. The van der Waals surface area contributed by atoms with Crippen molar-refractivity contribution < 1.29 is 19.4 Å². The van der Waals surface area contributed by atoms with Crippen LogP contribution in [-0.2, 0) is 9.53 Å². The molecular formula is C17H20ClN3O4. The lowest BCUT2D eigenvalue weighted by molar-refractivity contribution is -0.144. The van der Waals surface area contributed by atoms with Crippen LogP contribution in [0.15, 0.2) is 24.4 Å². The zero-order valence-electron chi connectivity index (χ0n) is 13.9. The molecule has 0 radical (unpaired) electrons. The Morgan fingerprint density at radius 3 is 2.68 bits per heavy atom. The summed E-state index contributed by atoms with van der Waals surface area (Å²) in [7, 11) is 0. The number of carboxylic acids is 1. The second-order valence-electron chi connectivity index (χ2n) is 5.87. The number of piperazine rings is 1. The molecule has 1 aliphatic rings. The van der Waals surface area contributed by atoms with Crippen molar-refractivity contribution in [2.75, 3.05) is 32.8 Å². The highest BCUT2D eigenvalue weighted by atomic mass is 35.5. The van der Waals surface area contributed by atoms with Crippen LogP contribution < -0.4 is 0 Å². The minimum absolute atomic E-state index is 0.324. The van der Waals surface area contributed by atoms with Crippen LogP contribution in [0, 0.1) is 0 Å². The van der Waals surface area contributed by atoms with E-state index in [1.807, 2.05) is 17.0 Å². The van der Waals surface area contributed by atoms with Crippen molar-refractivity contribution in [2.45, 2.75) is 13.0 Å². The zero-order valence-corrected chi connectivity index (χ0v) is 14.6. The number of hydrogen-bond donors (Lipinski definition) is 2. The topological polar surface area (TPSA) is 85.9 Å². The molecule has 2 heterocycles. The van der Waals surface area contributed by atoms with Gasteiger partial charge in [0.1, 0.15) is 6.04 Å². The first-order valence-corrected chi connectivity index (χ1v) is 8.54. The Hall–Kier alpha value is -2.25. The van der Waals surface area contributed by atoms with Gasteiger partial charge in [-0.15, -0.1) is 0 Å². The van der Waals surface area contributed by atoms with Crippen LogP contribution in [0.4, 0.5) is 4.79 Å². The number of aliphatic carboxylic acids is 1. The molecule has 2 N–H and O–H groups in total. The number of H-pyrrole nitrogens is 1. The molecule has 25 heavy (non-hydrogen) atoms. The van der Waals surface area contributed by atoms with Crippen molar-refractivity contribution in [1.82, 2.24) is 14.8 Å². The van der Waals surface area contributed by atoms with Gasteiger partial charge in [0.05, 0.1) is 11.6 Å². The van der Waals surface area contributed by atoms with Gasteiger partial charge in [0.15, 0.2) is 0 Å². The maximum atomic E-state index is 12.0. The number of halogens is 1. The van der Waals surface area contributed by atoms with Crippen LogP contribution >= 0.6 is 11.6 Å². The number of ether oxygens (including phenoxy) is 1. The van der Waals surface area contributed by atoms with Crippen LogP contribution in [0.3, 0.4) is 0 Å². The molecule has 1 fully saturated rings. The molecule has 3 rings (SSSR count). The smallest absolute Gasteiger partial charge is 0.409 e. The number of benzene rings is 1. The molecule has 0 saturated carbocycles. The number of rotatable bonds is 4. The zero-order chi connectivity index (χ0) is 18.0. The third kappa shape index (κ3) is 3.43. The molecule has 8 heteroatoms. The molecule has 2 aromatic rings. The second-order valence-corrected chi connectivity index (χ2v) is 6.28. The van der Waals surface area contributed by atoms with E-state index in [2.05, 4.69) is 4.98 Å². The van der Waals surface area contributed by atoms with E-state index in [1.165, 1.54) is 0 Å². The first-order valence-electron chi connectivity index (χ1n) is 8.17. The van der Waals surface area contributed by atoms with Gasteiger partial charge in [-0.2, -0.15) is 0 Å². The van der Waals surface area contributed by atoms with Crippen molar-refractivity contribution >= 4 is 34.6 Å². The fraction of sp³-hybridized carbons (Fsp3) is 0.412. The van der Waals surface area contributed by atoms with Gasteiger partial charge in [-0.25, -0.2) is 4.79 Å². The van der Waals surface area contributed by atoms with Gasteiger partial charge < -0.3 is 19.7 Å². The second kappa shape index (κ2) is 7.33. The fourth-order valence-electron chi connectivity index (χ4n) is 3.24. The minimum Gasteiger partial charge on any atom is -0.480 e. The van der Waals surface area contributed by atoms with E-state index in [4.69, 9.17) is 16.3 Å². The van der Waals surface area contributed by atoms with E-state index in [9.17, 15) is 14.7 Å². The summed E-state index contributed by atoms with van der Waals surface area (Å²) in [6.45, 7) is 3.84. The lowest BCUT2D eigenvalue weighted by Crippen LogP contribution is -2.51. The number of carbonyl (C=O) groups is 2. The Morgan fingerprint density at radius 2 is 2.04 bits per heavy atom. The SMILES string of the molecule is CCOC(=O)N1CCN([C@@H](C(=O)O)c2c[nH]c3cccc(Cl)c23)CC1. The summed E-state index contributed by atoms with van der Waals surface area (Å²) in [5, 5.41) is 11.0. The van der Waals surface area contributed by atoms with E-state index >= 15 is 0 Å². The summed E-state index contributed by atoms with van der Waals surface area (Å²) in [6, 6.07) is 4.61. The maximum Gasteiger partial charge on any atom is 0.409 e. The predicted molar refractivity (Wildman–Crippen MR) is 93.9 cm³/mol. The Bertz CT molecular complexity index is 783. The average molecular weight is 366 g/mol. The number of carbonyl (C=O) groups excluding carboxylic acids is 1. The highest BCUT2D eigenvalue weighted by Gasteiger charge is 2.33. The number of carboxylic acid groups (broad SMARTS) is 1. The fourth-order valence-corrected chi connectivity index (χ4v) is 3.53. The Kier molecular flexibility index (Phi) is 5.15. The highest BCUT2D eigenvalue weighted by Crippen LogP contribution is 2.33. The van der Waals surface area contributed by atoms with Gasteiger partial charge in [0.25, 0.3) is 0 Å². The van der Waals surface area contributed by atoms with Crippen LogP contribution in [-0.4, -0.2) is 64.7 Å². The largest absolute Gasteiger partial charge is 0.480 e. The molecule has 1 saturated heterocycles. The van der Waals surface area contributed by atoms with Crippen LogP contribution in [0.25, 0.3) is 10.9 Å². The first-order chi connectivity index (χ1) is 12.0. The standard InChI is InChI=1S/C17H20ClN3O4/c1-2-25-17(24)21-8-6-20(7-9-21)15(16(22)23)11-10-19-13-5-3-4-12(18)14(11)13/h3-5,10,15,19H,2,6-9H2,1H3,(H,22,23)/t15-/m1/s1. The van der Waals surface area contributed by atoms with E-state index in [-0.39, 0.29) is 6.09 Å². The summed E-state index contributed by atoms with van der Waals surface area (Å²) >= 11 is 6.29. The number of nitrogens with zero attached hydrogens (tertiary/aromatic N) is 2. The molecule has 0 unspecified atom stereocenters. The molecular weight excluding hydrogens is 346 g/mol. The number of fused-ring (bicyclic) bond motifs is 1. The number of aromatic nitrogens is 1. The summed E-state index contributed by atoms with van der Waals surface area (Å²) < 4.78 is 5.00. The molecule has 1 amide bonds. The average Bonchev–Trinajstić information content (AvgIpc) is 3.01. The third-order valence-corrected chi connectivity index (χ3v) is 4.73. The van der Waals surface area contributed by atoms with Gasteiger partial charge in [-0.1, -0.05) is 17.7 Å². The Labute approximate surface area is 150 Å². The maximum absolute atomic E-state index is 12.0. The van der Waals surface area contributed by atoms with Crippen LogP contribution in [0.2, 0.25) is 5.02 Å². The lowest BCUT2D eigenvalue weighted by Gasteiger charge is -2.37. The van der Waals surface area contributed by atoms with Gasteiger partial charge in [-0.3, -0.25) is 9.69 Å². The minimum atomic E-state index is -0.939. The van der Waals surface area contributed by atoms with Gasteiger partial charge in [0, 0.05) is 48.8 Å². The molecule has 134 valence electrons. The molecule has 0 aliphatic carbocycles. The van der Waals surface area contributed by atoms with Gasteiger partial charge in [0.2, 0.25) is 0 Å². The van der Waals surface area contributed by atoms with Gasteiger partial charge in [-0.05, 0) is 19.1 Å². The van der Waals surface area contributed by atoms with Gasteiger partial charge >= 0.3 is 12.1 Å². The normalized spacial score (nSPS) is 16.8. The van der Waals surface area contributed by atoms with E-state index in [1.54, 1.807) is 24.1 Å². The molecule has 0 bridgehead atoms. The summed E-state index contributed by atoms with van der Waals surface area (Å²) in [5.41, 5.74) is 1.44. The molecule has 7 nitrogen and oxygen atoms in total. The Balaban J connectivity index is 1.83. The highest BCUT2D eigenvalue weighted by molar-refractivity contribution is 6.35. The van der Waals surface area contributed by atoms with E-state index in [0.29, 0.717) is 43.4 Å². The summed E-state index contributed by atoms with van der Waals surface area (Å²) in [6.07, 6.45) is 1.34. The summed E-state index contributed by atoms with van der Waals surface area (Å²) in [4.78, 5) is 30.3. The van der Waals surface area contributed by atoms with Crippen molar-refractivity contribution in [3.63, 3.8) is 0 Å². The third-order valence-electron chi connectivity index (χ3n) is 4.42. The number of aromatic amines is 1.